The van der Waals surface area contributed by atoms with Crippen LogP contribution in [-0.2, 0) is 9.59 Å². The van der Waals surface area contributed by atoms with Crippen LogP contribution in [0.2, 0.25) is 0 Å². The molecule has 174 valence electrons. The van der Waals surface area contributed by atoms with Crippen molar-refractivity contribution in [1.82, 2.24) is 19.8 Å². The zero-order valence-corrected chi connectivity index (χ0v) is 19.5. The van der Waals surface area contributed by atoms with Crippen molar-refractivity contribution >= 4 is 40.2 Å². The maximum absolute atomic E-state index is 12.5. The molecule has 3 heterocycles. The highest BCUT2D eigenvalue weighted by molar-refractivity contribution is 7.13. The van der Waals surface area contributed by atoms with Crippen molar-refractivity contribution in [2.45, 2.75) is 6.92 Å². The predicted molar refractivity (Wildman–Crippen MR) is 134 cm³/mol. The van der Waals surface area contributed by atoms with Gasteiger partial charge in [0, 0.05) is 29.9 Å². The van der Waals surface area contributed by atoms with Crippen LogP contribution in [0.15, 0.2) is 78.2 Å². The summed E-state index contributed by atoms with van der Waals surface area (Å²) in [7, 11) is 0. The van der Waals surface area contributed by atoms with E-state index in [2.05, 4.69) is 20.8 Å². The predicted octanol–water partition coefficient (Wildman–Crippen LogP) is 4.50. The van der Waals surface area contributed by atoms with Crippen LogP contribution in [-0.4, -0.2) is 38.2 Å². The van der Waals surface area contributed by atoms with E-state index in [0.717, 1.165) is 16.1 Å². The Kier molecular flexibility index (Phi) is 6.18. The van der Waals surface area contributed by atoms with E-state index in [1.54, 1.807) is 46.2 Å². The lowest BCUT2D eigenvalue weighted by Gasteiger charge is -2.10. The highest BCUT2D eigenvalue weighted by atomic mass is 32.1. The molecule has 9 nitrogen and oxygen atoms in total. The van der Waals surface area contributed by atoms with Crippen molar-refractivity contribution < 1.29 is 14.3 Å². The second-order valence-electron chi connectivity index (χ2n) is 7.62. The molecule has 0 saturated carbocycles. The summed E-state index contributed by atoms with van der Waals surface area (Å²) in [4.78, 5) is 24.7. The molecule has 0 aliphatic heterocycles. The van der Waals surface area contributed by atoms with Gasteiger partial charge in [0.15, 0.2) is 18.1 Å². The lowest BCUT2D eigenvalue weighted by Crippen LogP contribution is -2.20. The Balaban J connectivity index is 1.29. The number of nitrogens with zero attached hydrogens (tertiary/aromatic N) is 4. The maximum Gasteiger partial charge on any atom is 0.262 e. The Morgan fingerprint density at radius 1 is 0.943 bits per heavy atom. The quantitative estimate of drug-likeness (QED) is 0.352. The average Bonchev–Trinajstić information content (AvgIpc) is 3.52. The van der Waals surface area contributed by atoms with Crippen molar-refractivity contribution in [3.8, 4) is 27.7 Å². The zero-order valence-electron chi connectivity index (χ0n) is 18.6. The first-order valence-corrected chi connectivity index (χ1v) is 11.6. The van der Waals surface area contributed by atoms with Crippen molar-refractivity contribution in [2.75, 3.05) is 17.2 Å². The van der Waals surface area contributed by atoms with Gasteiger partial charge in [-0.3, -0.25) is 9.59 Å². The Hall–Kier alpha value is -4.57. The second kappa shape index (κ2) is 9.74. The number of nitrogens with one attached hydrogen (secondary N) is 2. The Morgan fingerprint density at radius 3 is 2.57 bits per heavy atom. The van der Waals surface area contributed by atoms with Crippen LogP contribution < -0.4 is 15.4 Å². The molecular weight excluding hydrogens is 464 g/mol. The summed E-state index contributed by atoms with van der Waals surface area (Å²) in [5, 5.41) is 20.7. The molecule has 0 saturated heterocycles. The van der Waals surface area contributed by atoms with E-state index >= 15 is 0 Å². The van der Waals surface area contributed by atoms with Crippen molar-refractivity contribution in [1.29, 1.82) is 0 Å². The van der Waals surface area contributed by atoms with E-state index < -0.39 is 0 Å². The smallest absolute Gasteiger partial charge is 0.262 e. The number of thiophene rings is 1. The van der Waals surface area contributed by atoms with E-state index in [-0.39, 0.29) is 18.4 Å². The molecule has 0 fully saturated rings. The Bertz CT molecular complexity index is 1510. The number of hydrogen-bond acceptors (Lipinski definition) is 7. The van der Waals surface area contributed by atoms with Gasteiger partial charge in [0.1, 0.15) is 5.75 Å². The summed E-state index contributed by atoms with van der Waals surface area (Å²) in [5.41, 5.74) is 3.42. The summed E-state index contributed by atoms with van der Waals surface area (Å²) in [6, 6.07) is 21.9. The number of hydrogen-bond donors (Lipinski definition) is 2. The molecule has 2 aromatic carbocycles. The van der Waals surface area contributed by atoms with Crippen LogP contribution >= 0.6 is 11.3 Å². The van der Waals surface area contributed by atoms with Gasteiger partial charge in [-0.25, -0.2) is 0 Å². The van der Waals surface area contributed by atoms with E-state index in [4.69, 9.17) is 9.84 Å². The number of benzene rings is 2. The number of carbonyl (C=O) groups excluding carboxylic acids is 2. The number of amides is 2. The minimum atomic E-state index is -0.311. The summed E-state index contributed by atoms with van der Waals surface area (Å²) in [5.74, 6) is 0.670. The van der Waals surface area contributed by atoms with Gasteiger partial charge in [0.25, 0.3) is 5.91 Å². The minimum Gasteiger partial charge on any atom is -0.484 e. The summed E-state index contributed by atoms with van der Waals surface area (Å²) < 4.78 is 7.29. The Morgan fingerprint density at radius 2 is 1.77 bits per heavy atom. The van der Waals surface area contributed by atoms with Crippen LogP contribution in [0.4, 0.5) is 11.4 Å². The number of ether oxygens (including phenoxy) is 1. The number of aromatic nitrogens is 4. The van der Waals surface area contributed by atoms with Gasteiger partial charge < -0.3 is 15.4 Å². The number of fused-ring (bicyclic) bond motifs is 1. The SMILES string of the molecule is CC(=O)Nc1cccc(OCC(=O)Nc2cccc(-c3ccc4nnc(-c5cccs5)n4n3)c2)c1. The summed E-state index contributed by atoms with van der Waals surface area (Å²) >= 11 is 1.57. The molecule has 10 heteroatoms. The summed E-state index contributed by atoms with van der Waals surface area (Å²) in [6.45, 7) is 1.25. The molecular formula is C25H20N6O3S. The molecule has 0 radical (unpaired) electrons. The third-order valence-corrected chi connectivity index (χ3v) is 5.84. The van der Waals surface area contributed by atoms with Crippen molar-refractivity contribution in [2.24, 2.45) is 0 Å². The van der Waals surface area contributed by atoms with E-state index in [9.17, 15) is 9.59 Å². The molecule has 3 aromatic heterocycles. The monoisotopic (exact) mass is 484 g/mol. The Labute approximate surface area is 204 Å². The van der Waals surface area contributed by atoms with Gasteiger partial charge in [0.2, 0.25) is 5.91 Å². The lowest BCUT2D eigenvalue weighted by molar-refractivity contribution is -0.118. The number of carbonyl (C=O) groups is 2. The minimum absolute atomic E-state index is 0.178. The van der Waals surface area contributed by atoms with Crippen LogP contribution in [0.5, 0.6) is 5.75 Å². The molecule has 0 unspecified atom stereocenters. The second-order valence-corrected chi connectivity index (χ2v) is 8.56. The van der Waals surface area contributed by atoms with E-state index in [0.29, 0.717) is 28.6 Å². The first-order valence-electron chi connectivity index (χ1n) is 10.7. The molecule has 5 aromatic rings. The zero-order chi connectivity index (χ0) is 24.2. The summed E-state index contributed by atoms with van der Waals surface area (Å²) in [6.07, 6.45) is 0. The largest absolute Gasteiger partial charge is 0.484 e. The standard InChI is InChI=1S/C25H20N6O3S/c1-16(32)26-19-7-3-8-20(14-19)34-15-24(33)27-18-6-2-5-17(13-18)21-10-11-23-28-29-25(31(23)30-21)22-9-4-12-35-22/h2-14H,15H2,1H3,(H,26,32)(H,27,33). The van der Waals surface area contributed by atoms with Gasteiger partial charge in [-0.15, -0.1) is 21.5 Å². The fourth-order valence-electron chi connectivity index (χ4n) is 3.47. The van der Waals surface area contributed by atoms with Crippen molar-refractivity contribution in [3.05, 3.63) is 78.2 Å². The van der Waals surface area contributed by atoms with Crippen LogP contribution in [0, 0.1) is 0 Å². The lowest BCUT2D eigenvalue weighted by atomic mass is 10.1. The highest BCUT2D eigenvalue weighted by Crippen LogP contribution is 2.25. The molecule has 35 heavy (non-hydrogen) atoms. The van der Waals surface area contributed by atoms with Gasteiger partial charge in [-0.1, -0.05) is 24.3 Å². The topological polar surface area (TPSA) is 111 Å². The third-order valence-electron chi connectivity index (χ3n) is 4.97. The van der Waals surface area contributed by atoms with Crippen LogP contribution in [0.3, 0.4) is 0 Å². The normalized spacial score (nSPS) is 10.8. The molecule has 0 aliphatic rings. The molecule has 0 bridgehead atoms. The maximum atomic E-state index is 12.5. The van der Waals surface area contributed by atoms with Gasteiger partial charge in [0.05, 0.1) is 10.6 Å². The van der Waals surface area contributed by atoms with E-state index in [1.807, 2.05) is 47.8 Å². The first-order chi connectivity index (χ1) is 17.0. The number of anilines is 2. The fourth-order valence-corrected chi connectivity index (χ4v) is 4.16. The fraction of sp³-hybridized carbons (Fsp3) is 0.0800. The third kappa shape index (κ3) is 5.17. The molecule has 2 N–H and O–H groups in total. The first kappa shape index (κ1) is 22.2. The van der Waals surface area contributed by atoms with Gasteiger partial charge >= 0.3 is 0 Å². The molecule has 5 rings (SSSR count). The molecule has 0 aliphatic carbocycles. The molecule has 2 amide bonds. The van der Waals surface area contributed by atoms with Crippen molar-refractivity contribution in [3.63, 3.8) is 0 Å². The van der Waals surface area contributed by atoms with E-state index in [1.165, 1.54) is 6.92 Å². The average molecular weight is 485 g/mol. The van der Waals surface area contributed by atoms with Gasteiger partial charge in [-0.05, 0) is 47.8 Å². The number of rotatable bonds is 7. The van der Waals surface area contributed by atoms with Crippen LogP contribution in [0.25, 0.3) is 27.6 Å². The molecule has 0 spiro atoms. The highest BCUT2D eigenvalue weighted by Gasteiger charge is 2.12. The van der Waals surface area contributed by atoms with Gasteiger partial charge in [-0.2, -0.15) is 9.61 Å². The van der Waals surface area contributed by atoms with Crippen LogP contribution in [0.1, 0.15) is 6.92 Å². The molecule has 0 atom stereocenters.